The minimum atomic E-state index is -0.632. The molecule has 3 N–H and O–H groups in total. The van der Waals surface area contributed by atoms with Crippen molar-refractivity contribution in [3.63, 3.8) is 0 Å². The number of benzene rings is 3. The van der Waals surface area contributed by atoms with Gasteiger partial charge in [0, 0.05) is 29.5 Å². The van der Waals surface area contributed by atoms with Gasteiger partial charge in [-0.05, 0) is 97.2 Å². The maximum absolute atomic E-state index is 13.7. The molecule has 1 aliphatic carbocycles. The number of amides is 3. The third-order valence-electron chi connectivity index (χ3n) is 12.8. The quantitative estimate of drug-likeness (QED) is 0.146. The minimum Gasteiger partial charge on any atom is -0.488 e. The number of nitrogens with one attached hydrogen (secondary N) is 3. The van der Waals surface area contributed by atoms with Crippen LogP contribution in [0.15, 0.2) is 48.7 Å². The highest BCUT2D eigenvalue weighted by atomic mass is 16.5. The zero-order valence-electron chi connectivity index (χ0n) is 32.0. The number of rotatable bonds is 8. The van der Waals surface area contributed by atoms with Crippen molar-refractivity contribution in [3.8, 4) is 28.1 Å². The van der Waals surface area contributed by atoms with E-state index in [-0.39, 0.29) is 36.5 Å². The summed E-state index contributed by atoms with van der Waals surface area (Å²) in [5.74, 6) is 3.47. The fraction of sp³-hybridized carbons (Fsp3) is 0.465. The number of methoxy groups -OCH3 is 1. The topological polar surface area (TPSA) is 146 Å². The van der Waals surface area contributed by atoms with E-state index < -0.39 is 6.09 Å². The molecule has 12 heteroatoms. The average molecular weight is 744 g/mol. The van der Waals surface area contributed by atoms with Gasteiger partial charge < -0.3 is 34.6 Å². The molecule has 1 saturated carbocycles. The lowest BCUT2D eigenvalue weighted by molar-refractivity contribution is -0.135. The van der Waals surface area contributed by atoms with Crippen molar-refractivity contribution >= 4 is 39.7 Å². The molecular formula is C43H49N7O5. The number of carbonyl (C=O) groups excluding carboxylic acids is 3. The highest BCUT2D eigenvalue weighted by Crippen LogP contribution is 2.48. The van der Waals surface area contributed by atoms with E-state index in [1.807, 2.05) is 18.0 Å². The third-order valence-corrected chi connectivity index (χ3v) is 12.8. The van der Waals surface area contributed by atoms with Gasteiger partial charge in [-0.15, -0.1) is 0 Å². The highest BCUT2D eigenvalue weighted by Gasteiger charge is 2.47. The van der Waals surface area contributed by atoms with Crippen molar-refractivity contribution < 1.29 is 23.9 Å². The molecule has 286 valence electrons. The summed E-state index contributed by atoms with van der Waals surface area (Å²) in [7, 11) is 1.28. The molecule has 2 aromatic heterocycles. The molecule has 5 aromatic rings. The van der Waals surface area contributed by atoms with Gasteiger partial charge in [-0.1, -0.05) is 44.9 Å². The van der Waals surface area contributed by atoms with Gasteiger partial charge in [0.15, 0.2) is 0 Å². The minimum absolute atomic E-state index is 0.0197. The Morgan fingerprint density at radius 1 is 0.982 bits per heavy atom. The van der Waals surface area contributed by atoms with Crippen LogP contribution in [-0.2, 0) is 20.9 Å². The van der Waals surface area contributed by atoms with Gasteiger partial charge in [0.25, 0.3) is 0 Å². The highest BCUT2D eigenvalue weighted by molar-refractivity contribution is 6.07. The second-order valence-corrected chi connectivity index (χ2v) is 16.1. The molecule has 2 unspecified atom stereocenters. The van der Waals surface area contributed by atoms with Crippen molar-refractivity contribution in [3.05, 3.63) is 65.9 Å². The van der Waals surface area contributed by atoms with Crippen LogP contribution in [0.3, 0.4) is 0 Å². The zero-order chi connectivity index (χ0) is 38.0. The van der Waals surface area contributed by atoms with Crippen molar-refractivity contribution in [2.75, 3.05) is 13.7 Å². The average Bonchev–Trinajstić information content (AvgIpc) is 4.04. The van der Waals surface area contributed by atoms with E-state index in [0.717, 1.165) is 99.3 Å². The molecule has 3 fully saturated rings. The number of fused-ring (bicyclic) bond motifs is 7. The Hall–Kier alpha value is -5.39. The van der Waals surface area contributed by atoms with Gasteiger partial charge in [0.05, 0.1) is 42.1 Å². The lowest BCUT2D eigenvalue weighted by Crippen LogP contribution is -2.43. The number of hydrogen-bond donors (Lipinski definition) is 3. The molecule has 2 saturated heterocycles. The van der Waals surface area contributed by atoms with Crippen LogP contribution in [0.5, 0.6) is 5.75 Å². The van der Waals surface area contributed by atoms with Crippen LogP contribution >= 0.6 is 0 Å². The van der Waals surface area contributed by atoms with Crippen molar-refractivity contribution in [1.82, 2.24) is 35.1 Å². The van der Waals surface area contributed by atoms with Crippen LogP contribution in [0.2, 0.25) is 0 Å². The number of nitrogens with zero attached hydrogens (tertiary/aromatic N) is 4. The second-order valence-electron chi connectivity index (χ2n) is 16.1. The predicted molar refractivity (Wildman–Crippen MR) is 209 cm³/mol. The summed E-state index contributed by atoms with van der Waals surface area (Å²) in [6, 6.07) is 15.1. The molecule has 12 nitrogen and oxygen atoms in total. The number of ether oxygens (including phenoxy) is 2. The summed E-state index contributed by atoms with van der Waals surface area (Å²) >= 11 is 0. The first-order valence-corrected chi connectivity index (χ1v) is 19.9. The lowest BCUT2D eigenvalue weighted by Gasteiger charge is -2.30. The summed E-state index contributed by atoms with van der Waals surface area (Å²) in [5, 5.41) is 4.63. The summed E-state index contributed by atoms with van der Waals surface area (Å²) in [6.45, 7) is 6.65. The zero-order valence-corrected chi connectivity index (χ0v) is 32.0. The maximum Gasteiger partial charge on any atom is 0.407 e. The molecule has 0 spiro atoms. The Balaban J connectivity index is 0.976. The fourth-order valence-electron chi connectivity index (χ4n) is 9.71. The maximum atomic E-state index is 13.7. The van der Waals surface area contributed by atoms with E-state index in [0.29, 0.717) is 30.9 Å². The molecular weight excluding hydrogens is 695 g/mol. The lowest BCUT2D eigenvalue weighted by atomic mass is 9.92. The van der Waals surface area contributed by atoms with Crippen LogP contribution < -0.4 is 10.1 Å². The van der Waals surface area contributed by atoms with Crippen molar-refractivity contribution in [2.24, 2.45) is 11.8 Å². The standard InChI is InChI=1S/C43H49N7O5/c1-5-23(2)15-38(51)50-34-8-6-7-27(34)18-36(50)42-46-32-13-11-25-17-31-29-12-10-26(16-28(29)22-55-37(31)19-30(25)40(32)48-42)33-20-44-41(47-33)35-14-9-24(3)49(35)39(52)21-45-43(53)54-4/h10-13,16-17,19-20,23-24,27,34-36H,5-9,14-15,18,21-22H2,1-4H3,(H,44,47)(H,45,53)(H,46,48)/t23-,24-,27-,34-,35?,36?/m0/s1. The Morgan fingerprint density at radius 3 is 2.69 bits per heavy atom. The number of imidazole rings is 2. The summed E-state index contributed by atoms with van der Waals surface area (Å²) in [4.78, 5) is 59.4. The van der Waals surface area contributed by atoms with Gasteiger partial charge in [-0.2, -0.15) is 0 Å². The Kier molecular flexibility index (Phi) is 9.01. The first kappa shape index (κ1) is 35.3. The number of H-pyrrole nitrogens is 2. The van der Waals surface area contributed by atoms with E-state index in [4.69, 9.17) is 14.7 Å². The van der Waals surface area contributed by atoms with Crippen LogP contribution in [0, 0.1) is 11.8 Å². The van der Waals surface area contributed by atoms with E-state index in [9.17, 15) is 14.4 Å². The molecule has 5 heterocycles. The largest absolute Gasteiger partial charge is 0.488 e. The molecule has 0 bridgehead atoms. The molecule has 3 aliphatic heterocycles. The molecule has 4 aliphatic rings. The van der Waals surface area contributed by atoms with Gasteiger partial charge in [-0.25, -0.2) is 14.8 Å². The smallest absolute Gasteiger partial charge is 0.407 e. The molecule has 6 atom stereocenters. The van der Waals surface area contributed by atoms with Gasteiger partial charge in [0.1, 0.15) is 30.5 Å². The molecule has 55 heavy (non-hydrogen) atoms. The summed E-state index contributed by atoms with van der Waals surface area (Å²) in [5.41, 5.74) is 6.99. The predicted octanol–water partition coefficient (Wildman–Crippen LogP) is 7.95. The van der Waals surface area contributed by atoms with Crippen molar-refractivity contribution in [2.45, 2.75) is 103 Å². The number of aromatic amines is 2. The van der Waals surface area contributed by atoms with Gasteiger partial charge >= 0.3 is 6.09 Å². The summed E-state index contributed by atoms with van der Waals surface area (Å²) < 4.78 is 11.1. The third kappa shape index (κ3) is 6.19. The number of carbonyl (C=O) groups is 3. The molecule has 3 amide bonds. The normalized spacial score (nSPS) is 23.4. The van der Waals surface area contributed by atoms with Crippen LogP contribution in [0.1, 0.15) is 101 Å². The Morgan fingerprint density at radius 2 is 1.85 bits per heavy atom. The molecule has 9 rings (SSSR count). The first-order chi connectivity index (χ1) is 26.7. The number of alkyl carbamates (subject to hydrolysis) is 1. The monoisotopic (exact) mass is 743 g/mol. The molecule has 0 radical (unpaired) electrons. The number of likely N-dealkylation sites (tertiary alicyclic amines) is 2. The van der Waals surface area contributed by atoms with Crippen LogP contribution in [0.25, 0.3) is 44.2 Å². The summed E-state index contributed by atoms with van der Waals surface area (Å²) in [6.07, 6.45) is 8.86. The second kappa shape index (κ2) is 14.0. The van der Waals surface area contributed by atoms with Crippen LogP contribution in [-0.4, -0.2) is 73.4 Å². The van der Waals surface area contributed by atoms with E-state index in [1.165, 1.54) is 20.0 Å². The fourth-order valence-corrected chi connectivity index (χ4v) is 9.71. The SMILES string of the molecule is CC[C@H](C)CC(=O)N1C(c2nc3c(ccc4cc5c(cc43)OCc3cc(-c4cnc(C6CC[C@H](C)N6C(=O)CNC(=O)OC)[nH]4)ccc3-5)[nH]2)C[C@@H]2CCC[C@@H]21. The first-order valence-electron chi connectivity index (χ1n) is 19.9. The Bertz CT molecular complexity index is 2310. The van der Waals surface area contributed by atoms with Gasteiger partial charge in [-0.3, -0.25) is 9.59 Å². The molecule has 3 aromatic carbocycles. The van der Waals surface area contributed by atoms with E-state index in [1.54, 1.807) is 0 Å². The van der Waals surface area contributed by atoms with E-state index in [2.05, 4.69) is 81.2 Å². The van der Waals surface area contributed by atoms with Crippen molar-refractivity contribution in [1.29, 1.82) is 0 Å². The Labute approximate surface area is 320 Å². The van der Waals surface area contributed by atoms with E-state index >= 15 is 0 Å². The van der Waals surface area contributed by atoms with Crippen LogP contribution in [0.4, 0.5) is 4.79 Å². The number of hydrogen-bond acceptors (Lipinski definition) is 7. The van der Waals surface area contributed by atoms with Gasteiger partial charge in [0.2, 0.25) is 11.8 Å². The number of aromatic nitrogens is 4.